The summed E-state index contributed by atoms with van der Waals surface area (Å²) in [6.45, 7) is 0.821. The van der Waals surface area contributed by atoms with Gasteiger partial charge in [-0.3, -0.25) is 4.79 Å². The SMILES string of the molecule is COc1ccc(/C=C/C(=O)N2CCCCCC2c2cccn2C)cc1. The van der Waals surface area contributed by atoms with Crippen molar-refractivity contribution in [3.63, 3.8) is 0 Å². The van der Waals surface area contributed by atoms with E-state index < -0.39 is 0 Å². The third-order valence-corrected chi connectivity index (χ3v) is 4.90. The smallest absolute Gasteiger partial charge is 0.247 e. The molecule has 0 aliphatic carbocycles. The van der Waals surface area contributed by atoms with Crippen LogP contribution in [0.1, 0.15) is 43.0 Å². The zero-order valence-corrected chi connectivity index (χ0v) is 15.0. The summed E-state index contributed by atoms with van der Waals surface area (Å²) in [5, 5.41) is 0. The highest BCUT2D eigenvalue weighted by molar-refractivity contribution is 5.92. The monoisotopic (exact) mass is 338 g/mol. The lowest BCUT2D eigenvalue weighted by Gasteiger charge is -2.29. The summed E-state index contributed by atoms with van der Waals surface area (Å²) in [6.07, 6.45) is 10.1. The van der Waals surface area contributed by atoms with Gasteiger partial charge in [-0.15, -0.1) is 0 Å². The Morgan fingerprint density at radius 1 is 1.16 bits per heavy atom. The molecule has 132 valence electrons. The van der Waals surface area contributed by atoms with Crippen LogP contribution in [0.5, 0.6) is 5.75 Å². The van der Waals surface area contributed by atoms with Gasteiger partial charge in [0.05, 0.1) is 13.2 Å². The second-order valence-electron chi connectivity index (χ2n) is 6.55. The molecule has 25 heavy (non-hydrogen) atoms. The molecule has 1 unspecified atom stereocenters. The Kier molecular flexibility index (Phi) is 5.59. The zero-order chi connectivity index (χ0) is 17.6. The van der Waals surface area contributed by atoms with Crippen LogP contribution in [-0.2, 0) is 11.8 Å². The molecule has 0 bridgehead atoms. The van der Waals surface area contributed by atoms with Crippen LogP contribution in [0.15, 0.2) is 48.7 Å². The topological polar surface area (TPSA) is 34.5 Å². The minimum absolute atomic E-state index is 0.0870. The zero-order valence-electron chi connectivity index (χ0n) is 15.0. The quantitative estimate of drug-likeness (QED) is 0.784. The first-order chi connectivity index (χ1) is 12.2. The number of hydrogen-bond acceptors (Lipinski definition) is 2. The lowest BCUT2D eigenvalue weighted by atomic mass is 10.1. The fourth-order valence-corrected chi connectivity index (χ4v) is 3.48. The van der Waals surface area contributed by atoms with E-state index in [1.165, 1.54) is 18.5 Å². The molecule has 0 N–H and O–H groups in total. The van der Waals surface area contributed by atoms with Crippen LogP contribution in [0.2, 0.25) is 0 Å². The van der Waals surface area contributed by atoms with Crippen molar-refractivity contribution in [3.05, 3.63) is 59.9 Å². The van der Waals surface area contributed by atoms with Gasteiger partial charge in [0.2, 0.25) is 5.91 Å². The van der Waals surface area contributed by atoms with E-state index in [-0.39, 0.29) is 11.9 Å². The van der Waals surface area contributed by atoms with Crippen molar-refractivity contribution >= 4 is 12.0 Å². The van der Waals surface area contributed by atoms with Crippen LogP contribution >= 0.6 is 0 Å². The lowest BCUT2D eigenvalue weighted by Crippen LogP contribution is -2.34. The molecule has 4 nitrogen and oxygen atoms in total. The summed E-state index contributed by atoms with van der Waals surface area (Å²) in [6, 6.07) is 12.1. The molecule has 0 spiro atoms. The standard InChI is InChI=1S/C21H26N2O2/c1-22-15-6-8-19(22)20-7-4-3-5-16-23(20)21(24)14-11-17-9-12-18(25-2)13-10-17/h6,8-15,20H,3-5,7,16H2,1-2H3/b14-11+. The van der Waals surface area contributed by atoms with Gasteiger partial charge in [0.25, 0.3) is 0 Å². The number of amides is 1. The molecule has 2 heterocycles. The van der Waals surface area contributed by atoms with E-state index in [0.29, 0.717) is 0 Å². The van der Waals surface area contributed by atoms with E-state index in [1.807, 2.05) is 35.2 Å². The van der Waals surface area contributed by atoms with E-state index >= 15 is 0 Å². The number of aryl methyl sites for hydroxylation is 1. The first-order valence-corrected chi connectivity index (χ1v) is 8.93. The molecule has 1 aliphatic rings. The predicted molar refractivity (Wildman–Crippen MR) is 100 cm³/mol. The second kappa shape index (κ2) is 8.06. The summed E-state index contributed by atoms with van der Waals surface area (Å²) in [4.78, 5) is 14.9. The molecule has 1 saturated heterocycles. The van der Waals surface area contributed by atoms with Crippen LogP contribution < -0.4 is 4.74 Å². The molecular weight excluding hydrogens is 312 g/mol. The molecule has 4 heteroatoms. The fourth-order valence-electron chi connectivity index (χ4n) is 3.48. The fraction of sp³-hybridized carbons (Fsp3) is 0.381. The van der Waals surface area contributed by atoms with Crippen LogP contribution in [-0.4, -0.2) is 29.0 Å². The van der Waals surface area contributed by atoms with Crippen molar-refractivity contribution in [3.8, 4) is 5.75 Å². The van der Waals surface area contributed by atoms with Gasteiger partial charge in [-0.05, 0) is 48.7 Å². The van der Waals surface area contributed by atoms with E-state index in [2.05, 4.69) is 29.9 Å². The summed E-state index contributed by atoms with van der Waals surface area (Å²) < 4.78 is 7.30. The number of carbonyl (C=O) groups is 1. The van der Waals surface area contributed by atoms with Gasteiger partial charge < -0.3 is 14.2 Å². The molecule has 1 fully saturated rings. The average molecular weight is 338 g/mol. The number of benzene rings is 1. The number of aromatic nitrogens is 1. The van der Waals surface area contributed by atoms with Crippen molar-refractivity contribution in [2.24, 2.45) is 7.05 Å². The highest BCUT2D eigenvalue weighted by Gasteiger charge is 2.26. The number of carbonyl (C=O) groups excluding carboxylic acids is 1. The molecule has 1 aliphatic heterocycles. The number of hydrogen-bond donors (Lipinski definition) is 0. The summed E-state index contributed by atoms with van der Waals surface area (Å²) in [5.74, 6) is 0.906. The van der Waals surface area contributed by atoms with E-state index in [0.717, 1.165) is 30.7 Å². The van der Waals surface area contributed by atoms with Gasteiger partial charge in [0.15, 0.2) is 0 Å². The summed E-state index contributed by atoms with van der Waals surface area (Å²) in [7, 11) is 3.70. The number of methoxy groups -OCH3 is 1. The normalized spacial score (nSPS) is 18.3. The van der Waals surface area contributed by atoms with Crippen LogP contribution in [0, 0.1) is 0 Å². The number of nitrogens with zero attached hydrogens (tertiary/aromatic N) is 2. The summed E-state index contributed by atoms with van der Waals surface area (Å²) in [5.41, 5.74) is 2.22. The van der Waals surface area contributed by atoms with Crippen molar-refractivity contribution in [2.75, 3.05) is 13.7 Å². The molecule has 3 rings (SSSR count). The highest BCUT2D eigenvalue weighted by atomic mass is 16.5. The molecule has 1 aromatic carbocycles. The van der Waals surface area contributed by atoms with Crippen LogP contribution in [0.3, 0.4) is 0 Å². The van der Waals surface area contributed by atoms with Gasteiger partial charge in [-0.25, -0.2) is 0 Å². The second-order valence-corrected chi connectivity index (χ2v) is 6.55. The predicted octanol–water partition coefficient (Wildman–Crippen LogP) is 4.19. The largest absolute Gasteiger partial charge is 0.497 e. The molecule has 1 aromatic heterocycles. The van der Waals surface area contributed by atoms with Crippen molar-refractivity contribution < 1.29 is 9.53 Å². The maximum Gasteiger partial charge on any atom is 0.247 e. The molecule has 0 radical (unpaired) electrons. The van der Waals surface area contributed by atoms with Gasteiger partial charge >= 0.3 is 0 Å². The first kappa shape index (κ1) is 17.3. The van der Waals surface area contributed by atoms with Gasteiger partial charge in [-0.1, -0.05) is 25.0 Å². The van der Waals surface area contributed by atoms with Gasteiger partial charge in [-0.2, -0.15) is 0 Å². The Labute approximate surface area is 149 Å². The van der Waals surface area contributed by atoms with Crippen molar-refractivity contribution in [1.82, 2.24) is 9.47 Å². The Morgan fingerprint density at radius 2 is 1.96 bits per heavy atom. The third kappa shape index (κ3) is 4.13. The first-order valence-electron chi connectivity index (χ1n) is 8.93. The van der Waals surface area contributed by atoms with Crippen LogP contribution in [0.4, 0.5) is 0 Å². The molecule has 0 saturated carbocycles. The maximum absolute atomic E-state index is 12.9. The van der Waals surface area contributed by atoms with Crippen molar-refractivity contribution in [1.29, 1.82) is 0 Å². The van der Waals surface area contributed by atoms with Crippen LogP contribution in [0.25, 0.3) is 6.08 Å². The summed E-state index contributed by atoms with van der Waals surface area (Å²) >= 11 is 0. The number of rotatable bonds is 4. The third-order valence-electron chi connectivity index (χ3n) is 4.90. The Balaban J connectivity index is 1.77. The van der Waals surface area contributed by atoms with Gasteiger partial charge in [0, 0.05) is 31.6 Å². The molecule has 1 amide bonds. The highest BCUT2D eigenvalue weighted by Crippen LogP contribution is 2.30. The van der Waals surface area contributed by atoms with Crippen molar-refractivity contribution in [2.45, 2.75) is 31.7 Å². The molecule has 2 aromatic rings. The Bertz CT molecular complexity index is 731. The van der Waals surface area contributed by atoms with E-state index in [1.54, 1.807) is 13.2 Å². The average Bonchev–Trinajstić information content (AvgIpc) is 2.92. The lowest BCUT2D eigenvalue weighted by molar-refractivity contribution is -0.128. The Hall–Kier alpha value is -2.49. The number of ether oxygens (including phenoxy) is 1. The molecular formula is C21H26N2O2. The number of likely N-dealkylation sites (tertiary alicyclic amines) is 1. The minimum Gasteiger partial charge on any atom is -0.497 e. The Morgan fingerprint density at radius 3 is 2.64 bits per heavy atom. The van der Waals surface area contributed by atoms with Gasteiger partial charge in [0.1, 0.15) is 5.75 Å². The molecule has 1 atom stereocenters. The maximum atomic E-state index is 12.9. The van der Waals surface area contributed by atoms with E-state index in [9.17, 15) is 4.79 Å². The van der Waals surface area contributed by atoms with E-state index in [4.69, 9.17) is 4.74 Å². The minimum atomic E-state index is 0.0870.